The second kappa shape index (κ2) is 8.72. The van der Waals surface area contributed by atoms with E-state index in [0.717, 1.165) is 6.07 Å². The lowest BCUT2D eigenvalue weighted by atomic mass is 10.1. The first-order valence-corrected chi connectivity index (χ1v) is 9.21. The normalized spacial score (nSPS) is 14.4. The fourth-order valence-electron chi connectivity index (χ4n) is 3.48. The molecule has 0 bridgehead atoms. The summed E-state index contributed by atoms with van der Waals surface area (Å²) in [6.07, 6.45) is -1.75. The molecule has 4 rings (SSSR count). The van der Waals surface area contributed by atoms with Gasteiger partial charge in [0.1, 0.15) is 5.82 Å². The van der Waals surface area contributed by atoms with Crippen molar-refractivity contribution in [3.8, 4) is 0 Å². The Labute approximate surface area is 181 Å². The molecule has 0 atom stereocenters. The molecule has 0 radical (unpaired) electrons. The fraction of sp³-hybridized carbons (Fsp3) is 0.300. The molecule has 3 aromatic rings. The fourth-order valence-corrected chi connectivity index (χ4v) is 3.48. The average Bonchev–Trinajstić information content (AvgIpc) is 3.11. The molecule has 0 saturated carbocycles. The van der Waals surface area contributed by atoms with Crippen molar-refractivity contribution in [3.05, 3.63) is 53.6 Å². The molecule has 3 heterocycles. The largest absolute Gasteiger partial charge is 0.419 e. The number of carbonyl (C=O) groups excluding carboxylic acids is 1. The van der Waals surface area contributed by atoms with Crippen LogP contribution in [-0.4, -0.2) is 46.7 Å². The van der Waals surface area contributed by atoms with Gasteiger partial charge in [-0.05, 0) is 18.2 Å². The van der Waals surface area contributed by atoms with Crippen molar-refractivity contribution >= 4 is 40.7 Å². The third kappa shape index (κ3) is 4.31. The molecule has 166 valence electrons. The summed E-state index contributed by atoms with van der Waals surface area (Å²) in [4.78, 5) is 18.8. The van der Waals surface area contributed by atoms with Crippen LogP contribution in [-0.2, 0) is 18.0 Å². The molecule has 1 saturated heterocycles. The number of amides is 1. The molecule has 31 heavy (non-hydrogen) atoms. The van der Waals surface area contributed by atoms with E-state index in [1.54, 1.807) is 28.8 Å². The van der Waals surface area contributed by atoms with E-state index in [0.29, 0.717) is 48.8 Å². The number of rotatable bonds is 3. The number of pyridine rings is 1. The molecule has 1 aromatic carbocycles. The molecule has 1 aliphatic rings. The van der Waals surface area contributed by atoms with E-state index < -0.39 is 17.6 Å². The second-order valence-electron chi connectivity index (χ2n) is 6.90. The van der Waals surface area contributed by atoms with Crippen molar-refractivity contribution in [2.75, 3.05) is 31.6 Å². The summed E-state index contributed by atoms with van der Waals surface area (Å²) >= 11 is 0. The van der Waals surface area contributed by atoms with Crippen molar-refractivity contribution < 1.29 is 27.1 Å². The third-order valence-electron chi connectivity index (χ3n) is 4.99. The number of hydrogen-bond acceptors (Lipinski definition) is 4. The van der Waals surface area contributed by atoms with Crippen LogP contribution in [0.15, 0.2) is 36.7 Å². The number of nitrogens with zero attached hydrogens (tertiary/aromatic N) is 3. The Morgan fingerprint density at radius 1 is 1.19 bits per heavy atom. The van der Waals surface area contributed by atoms with Crippen LogP contribution in [0.2, 0.25) is 0 Å². The van der Waals surface area contributed by atoms with Crippen molar-refractivity contribution in [1.29, 1.82) is 0 Å². The predicted octanol–water partition coefficient (Wildman–Crippen LogP) is 4.37. The van der Waals surface area contributed by atoms with Gasteiger partial charge in [0, 0.05) is 37.9 Å². The Morgan fingerprint density at radius 2 is 1.90 bits per heavy atom. The first-order valence-electron chi connectivity index (χ1n) is 9.21. The van der Waals surface area contributed by atoms with Crippen molar-refractivity contribution in [1.82, 2.24) is 14.5 Å². The van der Waals surface area contributed by atoms with Gasteiger partial charge in [-0.25, -0.2) is 9.37 Å². The number of halogens is 5. The van der Waals surface area contributed by atoms with Crippen LogP contribution in [0.3, 0.4) is 0 Å². The molecule has 1 fully saturated rings. The number of fused-ring (bicyclic) bond motifs is 1. The van der Waals surface area contributed by atoms with Gasteiger partial charge in [-0.3, -0.25) is 4.79 Å². The van der Waals surface area contributed by atoms with Gasteiger partial charge in [-0.2, -0.15) is 13.2 Å². The van der Waals surface area contributed by atoms with Crippen LogP contribution in [0, 0.1) is 5.82 Å². The smallest absolute Gasteiger partial charge is 0.378 e. The number of anilines is 2. The zero-order valence-corrected chi connectivity index (χ0v) is 17.2. The Hall–Kier alpha value is -2.85. The summed E-state index contributed by atoms with van der Waals surface area (Å²) in [6.45, 7) is 1.81. The van der Waals surface area contributed by atoms with Crippen LogP contribution >= 0.6 is 12.4 Å². The van der Waals surface area contributed by atoms with Gasteiger partial charge in [0.05, 0.1) is 35.5 Å². The van der Waals surface area contributed by atoms with Crippen LogP contribution < -0.4 is 5.32 Å². The summed E-state index contributed by atoms with van der Waals surface area (Å²) in [5.41, 5.74) is -0.809. The lowest BCUT2D eigenvalue weighted by Gasteiger charge is -2.27. The summed E-state index contributed by atoms with van der Waals surface area (Å²) < 4.78 is 60.4. The van der Waals surface area contributed by atoms with E-state index in [-0.39, 0.29) is 29.8 Å². The minimum atomic E-state index is -4.81. The van der Waals surface area contributed by atoms with Crippen LogP contribution in [0.4, 0.5) is 29.1 Å². The maximum Gasteiger partial charge on any atom is 0.419 e. The Kier molecular flexibility index (Phi) is 6.42. The molecule has 0 unspecified atom stereocenters. The Bertz CT molecular complexity index is 1110. The zero-order chi connectivity index (χ0) is 21.5. The number of nitrogens with one attached hydrogen (secondary N) is 1. The van der Waals surface area contributed by atoms with Crippen LogP contribution in [0.5, 0.6) is 0 Å². The van der Waals surface area contributed by atoms with Crippen molar-refractivity contribution in [2.45, 2.75) is 6.18 Å². The number of aryl methyl sites for hydroxylation is 1. The van der Waals surface area contributed by atoms with Gasteiger partial charge in [-0.15, -0.1) is 12.4 Å². The third-order valence-corrected chi connectivity index (χ3v) is 4.99. The maximum absolute atomic E-state index is 14.4. The number of benzene rings is 1. The Balaban J connectivity index is 0.00000272. The van der Waals surface area contributed by atoms with E-state index in [4.69, 9.17) is 4.74 Å². The van der Waals surface area contributed by atoms with E-state index >= 15 is 0 Å². The Morgan fingerprint density at radius 3 is 2.58 bits per heavy atom. The molecule has 11 heteroatoms. The summed E-state index contributed by atoms with van der Waals surface area (Å²) in [5.74, 6) is -1.47. The molecule has 0 spiro atoms. The molecule has 1 aliphatic heterocycles. The average molecular weight is 459 g/mol. The minimum absolute atomic E-state index is 0. The van der Waals surface area contributed by atoms with Crippen molar-refractivity contribution in [2.24, 2.45) is 7.05 Å². The maximum atomic E-state index is 14.4. The second-order valence-corrected chi connectivity index (χ2v) is 6.90. The van der Waals surface area contributed by atoms with Crippen LogP contribution in [0.1, 0.15) is 15.9 Å². The van der Waals surface area contributed by atoms with Crippen molar-refractivity contribution in [3.63, 3.8) is 0 Å². The highest BCUT2D eigenvalue weighted by Crippen LogP contribution is 2.36. The van der Waals surface area contributed by atoms with Gasteiger partial charge >= 0.3 is 6.18 Å². The molecule has 1 N–H and O–H groups in total. The summed E-state index contributed by atoms with van der Waals surface area (Å²) in [7, 11) is 1.74. The molecule has 1 amide bonds. The summed E-state index contributed by atoms with van der Waals surface area (Å²) in [6, 6.07) is 4.67. The highest BCUT2D eigenvalue weighted by atomic mass is 35.5. The summed E-state index contributed by atoms with van der Waals surface area (Å²) in [5, 5.41) is 3.14. The molecule has 0 aliphatic carbocycles. The number of ether oxygens (including phenoxy) is 1. The predicted molar refractivity (Wildman–Crippen MR) is 109 cm³/mol. The first-order chi connectivity index (χ1) is 14.3. The highest BCUT2D eigenvalue weighted by molar-refractivity contribution is 6.08. The highest BCUT2D eigenvalue weighted by Gasteiger charge is 2.35. The zero-order valence-electron chi connectivity index (χ0n) is 16.4. The molecular weight excluding hydrogens is 440 g/mol. The number of alkyl halides is 3. The van der Waals surface area contributed by atoms with Gasteiger partial charge in [0.2, 0.25) is 0 Å². The quantitative estimate of drug-likeness (QED) is 0.592. The number of aromatic nitrogens is 2. The van der Waals surface area contributed by atoms with Gasteiger partial charge < -0.3 is 19.5 Å². The van der Waals surface area contributed by atoms with E-state index in [9.17, 15) is 22.4 Å². The minimum Gasteiger partial charge on any atom is -0.378 e. The molecule has 2 aromatic heterocycles. The molecular formula is C20H19ClF4N4O2. The standard InChI is InChI=1S/C20H18F4N4O2.ClH/c1-27-6-5-12-17(27)13(19(29)28-7-9-30-10-8-28)11-25-18(12)26-15-4-2-3-14(16(15)21)20(22,23)24;/h2-6,11H,7-10H2,1H3,(H,25,26);1H. The SMILES string of the molecule is Cl.Cn1ccc2c(Nc3cccc(C(F)(F)F)c3F)ncc(C(=O)N3CCOCC3)c21. The van der Waals surface area contributed by atoms with Gasteiger partial charge in [-0.1, -0.05) is 6.07 Å². The van der Waals surface area contributed by atoms with Crippen LogP contribution in [0.25, 0.3) is 10.9 Å². The topological polar surface area (TPSA) is 59.4 Å². The lowest BCUT2D eigenvalue weighted by molar-refractivity contribution is -0.139. The number of hydrogen-bond donors (Lipinski definition) is 1. The van der Waals surface area contributed by atoms with E-state index in [1.165, 1.54) is 12.3 Å². The first kappa shape index (κ1) is 22.8. The number of morpholine rings is 1. The van der Waals surface area contributed by atoms with E-state index in [1.807, 2.05) is 0 Å². The number of carbonyl (C=O) groups is 1. The molecule has 6 nitrogen and oxygen atoms in total. The van der Waals surface area contributed by atoms with Gasteiger partial charge in [0.25, 0.3) is 5.91 Å². The monoisotopic (exact) mass is 458 g/mol. The van der Waals surface area contributed by atoms with Gasteiger partial charge in [0.15, 0.2) is 5.82 Å². The lowest BCUT2D eigenvalue weighted by Crippen LogP contribution is -2.40. The van der Waals surface area contributed by atoms with E-state index in [2.05, 4.69) is 10.3 Å².